The van der Waals surface area contributed by atoms with Gasteiger partial charge in [-0.2, -0.15) is 0 Å². The summed E-state index contributed by atoms with van der Waals surface area (Å²) < 4.78 is 5.71. The molecule has 6 heteroatoms. The molecular weight excluding hydrogens is 314 g/mol. The second-order valence-electron chi connectivity index (χ2n) is 4.01. The predicted molar refractivity (Wildman–Crippen MR) is 85.8 cm³/mol. The summed E-state index contributed by atoms with van der Waals surface area (Å²) in [6.07, 6.45) is 3.25. The van der Waals surface area contributed by atoms with Gasteiger partial charge in [-0.1, -0.05) is 35.6 Å². The van der Waals surface area contributed by atoms with Crippen molar-refractivity contribution in [2.24, 2.45) is 0 Å². The standard InChI is InChI=1S/C14H8ClNO2S2/c15-9-3-5-10(6-4-9)16-13(17)12(20-14(16)19)8-11-2-1-7-18-11/h1-8H. The van der Waals surface area contributed by atoms with Crippen LogP contribution in [0.4, 0.5) is 5.69 Å². The summed E-state index contributed by atoms with van der Waals surface area (Å²) in [6.45, 7) is 0. The third-order valence-corrected chi connectivity index (χ3v) is 4.25. The molecule has 3 rings (SSSR count). The maximum Gasteiger partial charge on any atom is 0.270 e. The quantitative estimate of drug-likeness (QED) is 0.608. The topological polar surface area (TPSA) is 33.5 Å². The number of anilines is 1. The minimum atomic E-state index is -0.154. The summed E-state index contributed by atoms with van der Waals surface area (Å²) >= 11 is 12.4. The monoisotopic (exact) mass is 321 g/mol. The fraction of sp³-hybridized carbons (Fsp3) is 0. The van der Waals surface area contributed by atoms with E-state index in [2.05, 4.69) is 0 Å². The molecule has 100 valence electrons. The van der Waals surface area contributed by atoms with E-state index < -0.39 is 0 Å². The number of furan rings is 1. The molecule has 1 saturated heterocycles. The van der Waals surface area contributed by atoms with Gasteiger partial charge >= 0.3 is 0 Å². The highest BCUT2D eigenvalue weighted by Gasteiger charge is 2.33. The molecule has 0 unspecified atom stereocenters. The van der Waals surface area contributed by atoms with E-state index in [1.54, 1.807) is 48.7 Å². The lowest BCUT2D eigenvalue weighted by molar-refractivity contribution is -0.113. The van der Waals surface area contributed by atoms with Crippen LogP contribution in [0, 0.1) is 0 Å². The van der Waals surface area contributed by atoms with Crippen molar-refractivity contribution in [1.82, 2.24) is 0 Å². The van der Waals surface area contributed by atoms with Crippen molar-refractivity contribution in [1.29, 1.82) is 0 Å². The molecular formula is C14H8ClNO2S2. The zero-order valence-corrected chi connectivity index (χ0v) is 12.5. The van der Waals surface area contributed by atoms with Crippen molar-refractivity contribution in [2.45, 2.75) is 0 Å². The Labute approximate surface area is 130 Å². The fourth-order valence-corrected chi connectivity index (χ4v) is 3.19. The molecule has 0 radical (unpaired) electrons. The SMILES string of the molecule is O=C1C(=Cc2ccco2)SC(=S)N1c1ccc(Cl)cc1. The molecule has 2 aromatic rings. The van der Waals surface area contributed by atoms with Crippen LogP contribution in [0.3, 0.4) is 0 Å². The summed E-state index contributed by atoms with van der Waals surface area (Å²) in [5, 5.41) is 0.616. The Morgan fingerprint density at radius 2 is 2.00 bits per heavy atom. The van der Waals surface area contributed by atoms with Crippen LogP contribution >= 0.6 is 35.6 Å². The number of carbonyl (C=O) groups is 1. The molecule has 0 aliphatic carbocycles. The number of nitrogens with zero attached hydrogens (tertiary/aromatic N) is 1. The molecule has 1 amide bonds. The van der Waals surface area contributed by atoms with Crippen LogP contribution in [0.1, 0.15) is 5.76 Å². The second kappa shape index (κ2) is 5.44. The minimum Gasteiger partial charge on any atom is -0.465 e. The zero-order chi connectivity index (χ0) is 14.1. The molecule has 0 saturated carbocycles. The van der Waals surface area contributed by atoms with Crippen molar-refractivity contribution >= 4 is 57.6 Å². The van der Waals surface area contributed by atoms with Gasteiger partial charge in [0, 0.05) is 11.1 Å². The molecule has 1 aromatic heterocycles. The molecule has 0 atom stereocenters. The second-order valence-corrected chi connectivity index (χ2v) is 6.12. The molecule has 1 aromatic carbocycles. The summed E-state index contributed by atoms with van der Waals surface area (Å²) in [5.41, 5.74) is 0.708. The molecule has 0 spiro atoms. The average molecular weight is 322 g/mol. The largest absolute Gasteiger partial charge is 0.465 e. The summed E-state index contributed by atoms with van der Waals surface area (Å²) in [6, 6.07) is 10.5. The number of hydrogen-bond acceptors (Lipinski definition) is 4. The van der Waals surface area contributed by atoms with Crippen LogP contribution in [0.2, 0.25) is 5.02 Å². The van der Waals surface area contributed by atoms with Crippen LogP contribution in [0.25, 0.3) is 6.08 Å². The third kappa shape index (κ3) is 2.52. The number of amides is 1. The Bertz CT molecular complexity index is 692. The Kier molecular flexibility index (Phi) is 3.65. The van der Waals surface area contributed by atoms with Gasteiger partial charge in [0.15, 0.2) is 4.32 Å². The molecule has 0 bridgehead atoms. The van der Waals surface area contributed by atoms with Gasteiger partial charge in [0.2, 0.25) is 0 Å². The van der Waals surface area contributed by atoms with Crippen LogP contribution in [-0.4, -0.2) is 10.2 Å². The number of thioether (sulfide) groups is 1. The Morgan fingerprint density at radius 3 is 2.65 bits per heavy atom. The van der Waals surface area contributed by atoms with E-state index in [-0.39, 0.29) is 5.91 Å². The van der Waals surface area contributed by atoms with Crippen LogP contribution < -0.4 is 4.90 Å². The first-order valence-corrected chi connectivity index (χ1v) is 7.32. The van der Waals surface area contributed by atoms with Gasteiger partial charge in [-0.3, -0.25) is 9.69 Å². The molecule has 20 heavy (non-hydrogen) atoms. The van der Waals surface area contributed by atoms with E-state index in [0.717, 1.165) is 0 Å². The van der Waals surface area contributed by atoms with Crippen molar-refractivity contribution in [3.63, 3.8) is 0 Å². The van der Waals surface area contributed by atoms with E-state index in [4.69, 9.17) is 28.2 Å². The first-order valence-electron chi connectivity index (χ1n) is 5.72. The van der Waals surface area contributed by atoms with Crippen molar-refractivity contribution < 1.29 is 9.21 Å². The highest BCUT2D eigenvalue weighted by molar-refractivity contribution is 8.27. The van der Waals surface area contributed by atoms with E-state index in [9.17, 15) is 4.79 Å². The van der Waals surface area contributed by atoms with E-state index >= 15 is 0 Å². The Balaban J connectivity index is 1.93. The maximum absolute atomic E-state index is 12.4. The molecule has 2 heterocycles. The smallest absolute Gasteiger partial charge is 0.270 e. The van der Waals surface area contributed by atoms with Crippen LogP contribution in [-0.2, 0) is 4.79 Å². The summed E-state index contributed by atoms with van der Waals surface area (Å²) in [7, 11) is 0. The number of carbonyl (C=O) groups excluding carboxylic acids is 1. The van der Waals surface area contributed by atoms with Gasteiger partial charge in [0.05, 0.1) is 16.9 Å². The normalized spacial score (nSPS) is 17.2. The van der Waals surface area contributed by atoms with Gasteiger partial charge in [-0.25, -0.2) is 0 Å². The molecule has 0 N–H and O–H groups in total. The number of thiocarbonyl (C=S) groups is 1. The average Bonchev–Trinajstić information content (AvgIpc) is 3.02. The van der Waals surface area contributed by atoms with Crippen molar-refractivity contribution in [3.8, 4) is 0 Å². The summed E-state index contributed by atoms with van der Waals surface area (Å²) in [4.78, 5) is 14.4. The van der Waals surface area contributed by atoms with E-state index in [1.165, 1.54) is 16.7 Å². The predicted octanol–water partition coefficient (Wildman–Crippen LogP) is 4.34. The minimum absolute atomic E-state index is 0.154. The van der Waals surface area contributed by atoms with Crippen molar-refractivity contribution in [2.75, 3.05) is 4.90 Å². The number of hydrogen-bond donors (Lipinski definition) is 0. The number of benzene rings is 1. The summed E-state index contributed by atoms with van der Waals surface area (Å²) in [5.74, 6) is 0.473. The third-order valence-electron chi connectivity index (χ3n) is 2.70. The maximum atomic E-state index is 12.4. The first kappa shape index (κ1) is 13.4. The molecule has 1 aliphatic heterocycles. The van der Waals surface area contributed by atoms with Crippen LogP contribution in [0.5, 0.6) is 0 Å². The van der Waals surface area contributed by atoms with Gasteiger partial charge in [0.1, 0.15) is 5.76 Å². The molecule has 3 nitrogen and oxygen atoms in total. The van der Waals surface area contributed by atoms with Gasteiger partial charge in [-0.15, -0.1) is 0 Å². The number of halogens is 1. The van der Waals surface area contributed by atoms with Gasteiger partial charge in [0.25, 0.3) is 5.91 Å². The number of rotatable bonds is 2. The Morgan fingerprint density at radius 1 is 1.25 bits per heavy atom. The lowest BCUT2D eigenvalue weighted by atomic mass is 10.3. The van der Waals surface area contributed by atoms with Gasteiger partial charge < -0.3 is 4.42 Å². The van der Waals surface area contributed by atoms with E-state index in [0.29, 0.717) is 25.7 Å². The lowest BCUT2D eigenvalue weighted by Gasteiger charge is -2.14. The highest BCUT2D eigenvalue weighted by atomic mass is 35.5. The Hall–Kier alpha value is -1.56. The van der Waals surface area contributed by atoms with Crippen LogP contribution in [0.15, 0.2) is 52.0 Å². The van der Waals surface area contributed by atoms with Gasteiger partial charge in [-0.05, 0) is 36.4 Å². The zero-order valence-electron chi connectivity index (χ0n) is 10.1. The highest BCUT2D eigenvalue weighted by Crippen LogP contribution is 2.36. The lowest BCUT2D eigenvalue weighted by Crippen LogP contribution is -2.27. The molecule has 1 fully saturated rings. The van der Waals surface area contributed by atoms with E-state index in [1.807, 2.05) is 0 Å². The molecule has 1 aliphatic rings. The fourth-order valence-electron chi connectivity index (χ4n) is 1.78. The van der Waals surface area contributed by atoms with Crippen molar-refractivity contribution in [3.05, 3.63) is 58.3 Å². The first-order chi connectivity index (χ1) is 9.65.